The summed E-state index contributed by atoms with van der Waals surface area (Å²) in [4.78, 5) is 6.79. The van der Waals surface area contributed by atoms with Gasteiger partial charge in [-0.3, -0.25) is 0 Å². The van der Waals surface area contributed by atoms with E-state index < -0.39 is 0 Å². The molecule has 0 aromatic carbocycles. The van der Waals surface area contributed by atoms with Gasteiger partial charge >= 0.3 is 0 Å². The van der Waals surface area contributed by atoms with E-state index in [0.29, 0.717) is 0 Å². The molecule has 106 valence electrons. The molecule has 1 aromatic heterocycles. The first kappa shape index (κ1) is 14.2. The second-order valence-electron chi connectivity index (χ2n) is 5.42. The lowest BCUT2D eigenvalue weighted by Crippen LogP contribution is -2.38. The lowest BCUT2D eigenvalue weighted by molar-refractivity contribution is 0.380. The summed E-state index contributed by atoms with van der Waals surface area (Å²) in [6.07, 6.45) is 3.64. The van der Waals surface area contributed by atoms with E-state index in [1.54, 1.807) is 0 Å². The molecule has 1 fully saturated rings. The number of aryl methyl sites for hydroxylation is 2. The van der Waals surface area contributed by atoms with E-state index in [0.717, 1.165) is 49.4 Å². The first-order valence-corrected chi connectivity index (χ1v) is 7.34. The first-order chi connectivity index (χ1) is 9.20. The van der Waals surface area contributed by atoms with Crippen molar-refractivity contribution in [1.29, 1.82) is 0 Å². The van der Waals surface area contributed by atoms with Crippen LogP contribution in [0.1, 0.15) is 37.6 Å². The molecule has 1 N–H and O–H groups in total. The molecule has 1 aromatic rings. The van der Waals surface area contributed by atoms with E-state index in [9.17, 15) is 0 Å². The summed E-state index contributed by atoms with van der Waals surface area (Å²) >= 11 is 0. The fourth-order valence-electron chi connectivity index (χ4n) is 2.40. The molecule has 0 saturated carbocycles. The molecule has 2 heterocycles. The molecule has 0 spiro atoms. The second kappa shape index (κ2) is 6.80. The van der Waals surface area contributed by atoms with Crippen LogP contribution in [-0.4, -0.2) is 41.4 Å². The predicted molar refractivity (Wildman–Crippen MR) is 77.4 cm³/mol. The second-order valence-corrected chi connectivity index (χ2v) is 5.42. The van der Waals surface area contributed by atoms with Crippen LogP contribution in [0.15, 0.2) is 0 Å². The first-order valence-electron chi connectivity index (χ1n) is 7.34. The Balaban J connectivity index is 1.84. The molecular formula is C14H25N5. The molecule has 5 nitrogen and oxygen atoms in total. The number of rotatable bonds is 5. The molecule has 0 aliphatic carbocycles. The van der Waals surface area contributed by atoms with Gasteiger partial charge in [0.25, 0.3) is 0 Å². The Morgan fingerprint density at radius 2 is 1.89 bits per heavy atom. The van der Waals surface area contributed by atoms with Crippen LogP contribution in [-0.2, 0) is 0 Å². The zero-order valence-corrected chi connectivity index (χ0v) is 12.3. The van der Waals surface area contributed by atoms with Crippen molar-refractivity contribution in [2.75, 3.05) is 31.1 Å². The fraction of sp³-hybridized carbons (Fsp3) is 0.786. The predicted octanol–water partition coefficient (Wildman–Crippen LogP) is 1.70. The van der Waals surface area contributed by atoms with E-state index in [4.69, 9.17) is 0 Å². The van der Waals surface area contributed by atoms with Crippen molar-refractivity contribution in [1.82, 2.24) is 20.5 Å². The minimum atomic E-state index is 0.794. The molecule has 0 amide bonds. The summed E-state index contributed by atoms with van der Waals surface area (Å²) in [7, 11) is 0. The number of nitrogens with one attached hydrogen (secondary N) is 1. The third-order valence-corrected chi connectivity index (χ3v) is 3.84. The summed E-state index contributed by atoms with van der Waals surface area (Å²) in [6.45, 7) is 10.5. The summed E-state index contributed by atoms with van der Waals surface area (Å²) < 4.78 is 0. The minimum absolute atomic E-state index is 0.794. The van der Waals surface area contributed by atoms with Gasteiger partial charge in [-0.2, -0.15) is 5.10 Å². The van der Waals surface area contributed by atoms with Gasteiger partial charge in [0.15, 0.2) is 0 Å². The Morgan fingerprint density at radius 1 is 1.16 bits per heavy atom. The lowest BCUT2D eigenvalue weighted by Gasteiger charge is -2.32. The van der Waals surface area contributed by atoms with E-state index in [1.165, 1.54) is 19.3 Å². The normalized spacial score (nSPS) is 16.9. The highest BCUT2D eigenvalue weighted by Crippen LogP contribution is 2.20. The molecule has 1 saturated heterocycles. The standard InChI is InChI=1S/C14H25N5/c1-4-7-15-10-13-5-8-19(9-6-13)14-16-11(2)12(3)17-18-14/h13,15H,4-10H2,1-3H3. The number of hydrogen-bond acceptors (Lipinski definition) is 5. The Labute approximate surface area is 115 Å². The van der Waals surface area contributed by atoms with Crippen LogP contribution >= 0.6 is 0 Å². The number of piperidine rings is 1. The van der Waals surface area contributed by atoms with Crippen LogP contribution in [0, 0.1) is 19.8 Å². The van der Waals surface area contributed by atoms with Gasteiger partial charge in [-0.25, -0.2) is 4.98 Å². The zero-order chi connectivity index (χ0) is 13.7. The molecule has 0 unspecified atom stereocenters. The minimum Gasteiger partial charge on any atom is -0.340 e. The van der Waals surface area contributed by atoms with Gasteiger partial charge in [0.2, 0.25) is 5.95 Å². The third-order valence-electron chi connectivity index (χ3n) is 3.84. The van der Waals surface area contributed by atoms with Crippen molar-refractivity contribution < 1.29 is 0 Å². The Morgan fingerprint density at radius 3 is 2.53 bits per heavy atom. The monoisotopic (exact) mass is 263 g/mol. The van der Waals surface area contributed by atoms with E-state index in [1.807, 2.05) is 13.8 Å². The number of hydrogen-bond donors (Lipinski definition) is 1. The summed E-state index contributed by atoms with van der Waals surface area (Å²) in [5.41, 5.74) is 1.90. The highest BCUT2D eigenvalue weighted by atomic mass is 15.3. The fourth-order valence-corrected chi connectivity index (χ4v) is 2.40. The SMILES string of the molecule is CCCNCC1CCN(c2nnc(C)c(C)n2)CC1. The van der Waals surface area contributed by atoms with Crippen molar-refractivity contribution in [2.45, 2.75) is 40.0 Å². The van der Waals surface area contributed by atoms with Crippen LogP contribution < -0.4 is 10.2 Å². The van der Waals surface area contributed by atoms with Gasteiger partial charge < -0.3 is 10.2 Å². The largest absolute Gasteiger partial charge is 0.340 e. The summed E-state index contributed by atoms with van der Waals surface area (Å²) in [5.74, 6) is 1.59. The number of nitrogens with zero attached hydrogens (tertiary/aromatic N) is 4. The van der Waals surface area contributed by atoms with Crippen LogP contribution in [0.4, 0.5) is 5.95 Å². The Kier molecular flexibility index (Phi) is 5.07. The van der Waals surface area contributed by atoms with E-state index in [-0.39, 0.29) is 0 Å². The molecule has 0 radical (unpaired) electrons. The molecule has 19 heavy (non-hydrogen) atoms. The van der Waals surface area contributed by atoms with Crippen molar-refractivity contribution >= 4 is 5.95 Å². The smallest absolute Gasteiger partial charge is 0.245 e. The van der Waals surface area contributed by atoms with E-state index in [2.05, 4.69) is 32.3 Å². The third kappa shape index (κ3) is 3.86. The zero-order valence-electron chi connectivity index (χ0n) is 12.3. The maximum atomic E-state index is 4.53. The molecule has 0 atom stereocenters. The summed E-state index contributed by atoms with van der Waals surface area (Å²) in [6, 6.07) is 0. The molecule has 1 aliphatic rings. The van der Waals surface area contributed by atoms with Crippen molar-refractivity contribution in [2.24, 2.45) is 5.92 Å². The Bertz CT molecular complexity index is 399. The number of anilines is 1. The topological polar surface area (TPSA) is 53.9 Å². The van der Waals surface area contributed by atoms with Gasteiger partial charge in [0.05, 0.1) is 11.4 Å². The quantitative estimate of drug-likeness (QED) is 0.820. The van der Waals surface area contributed by atoms with Crippen LogP contribution in [0.5, 0.6) is 0 Å². The highest BCUT2D eigenvalue weighted by Gasteiger charge is 2.21. The molecule has 2 rings (SSSR count). The van der Waals surface area contributed by atoms with Gasteiger partial charge in [-0.05, 0) is 52.1 Å². The van der Waals surface area contributed by atoms with Gasteiger partial charge in [0.1, 0.15) is 0 Å². The Hall–Kier alpha value is -1.23. The van der Waals surface area contributed by atoms with E-state index >= 15 is 0 Å². The molecule has 0 bridgehead atoms. The number of aromatic nitrogens is 3. The van der Waals surface area contributed by atoms with Crippen LogP contribution in [0.2, 0.25) is 0 Å². The average molecular weight is 263 g/mol. The van der Waals surface area contributed by atoms with Crippen LogP contribution in [0.3, 0.4) is 0 Å². The highest BCUT2D eigenvalue weighted by molar-refractivity contribution is 5.30. The lowest BCUT2D eigenvalue weighted by atomic mass is 9.97. The van der Waals surface area contributed by atoms with Gasteiger partial charge in [-0.1, -0.05) is 6.92 Å². The molecular weight excluding hydrogens is 238 g/mol. The van der Waals surface area contributed by atoms with Crippen molar-refractivity contribution in [3.05, 3.63) is 11.4 Å². The average Bonchev–Trinajstić information content (AvgIpc) is 2.43. The van der Waals surface area contributed by atoms with Crippen molar-refractivity contribution in [3.63, 3.8) is 0 Å². The maximum Gasteiger partial charge on any atom is 0.245 e. The van der Waals surface area contributed by atoms with Gasteiger partial charge in [0, 0.05) is 13.1 Å². The summed E-state index contributed by atoms with van der Waals surface area (Å²) in [5, 5.41) is 11.9. The maximum absolute atomic E-state index is 4.53. The van der Waals surface area contributed by atoms with Gasteiger partial charge in [-0.15, -0.1) is 5.10 Å². The molecule has 5 heteroatoms. The van der Waals surface area contributed by atoms with Crippen LogP contribution in [0.25, 0.3) is 0 Å². The van der Waals surface area contributed by atoms with Crippen molar-refractivity contribution in [3.8, 4) is 0 Å². The molecule has 1 aliphatic heterocycles.